The molecule has 0 aliphatic rings. The van der Waals surface area contributed by atoms with Crippen molar-refractivity contribution in [1.29, 1.82) is 0 Å². The van der Waals surface area contributed by atoms with Crippen LogP contribution in [0.5, 0.6) is 0 Å². The van der Waals surface area contributed by atoms with Crippen LogP contribution in [0.3, 0.4) is 0 Å². The second kappa shape index (κ2) is 11.3. The molecular formula is C20H22N2O10S2. The zero-order valence-electron chi connectivity index (χ0n) is 18.0. The van der Waals surface area contributed by atoms with Gasteiger partial charge in [-0.15, -0.1) is 0 Å². The van der Waals surface area contributed by atoms with Gasteiger partial charge in [0.2, 0.25) is 11.8 Å². The summed E-state index contributed by atoms with van der Waals surface area (Å²) >= 11 is 0. The standard InChI is InChI=1S/C20H22N2O10S2/c1-31-11-19(23)21-15-7-5-13(17(9-15)33(25,26)27)3-4-14-6-8-16(22-20(24)12-32-2)10-18(14)34(28,29)30/h3-10H,11-12H2,1-2H3,(H,21,23)(H,22,24)(H,25,26,27)(H,28,29,30). The Balaban J connectivity index is 2.47. The maximum atomic E-state index is 11.9. The number of carbonyl (C=O) groups excluding carboxylic acids is 2. The number of amides is 2. The molecular weight excluding hydrogens is 492 g/mol. The van der Waals surface area contributed by atoms with E-state index in [1.807, 2.05) is 0 Å². The molecule has 14 heteroatoms. The largest absolute Gasteiger partial charge is 0.375 e. The zero-order chi connectivity index (χ0) is 25.5. The Kier molecular flexibility index (Phi) is 9.03. The van der Waals surface area contributed by atoms with Crippen molar-refractivity contribution < 1.29 is 45.0 Å². The monoisotopic (exact) mass is 514 g/mol. The van der Waals surface area contributed by atoms with Gasteiger partial charge in [0.15, 0.2) is 0 Å². The van der Waals surface area contributed by atoms with Gasteiger partial charge in [0.25, 0.3) is 20.2 Å². The lowest BCUT2D eigenvalue weighted by Crippen LogP contribution is -2.17. The maximum Gasteiger partial charge on any atom is 0.295 e. The summed E-state index contributed by atoms with van der Waals surface area (Å²) in [6.07, 6.45) is 2.38. The molecule has 0 atom stereocenters. The van der Waals surface area contributed by atoms with Gasteiger partial charge < -0.3 is 20.1 Å². The smallest absolute Gasteiger partial charge is 0.295 e. The van der Waals surface area contributed by atoms with E-state index in [0.717, 1.165) is 12.1 Å². The highest BCUT2D eigenvalue weighted by molar-refractivity contribution is 7.86. The van der Waals surface area contributed by atoms with Crippen LogP contribution in [0.2, 0.25) is 0 Å². The molecule has 2 aromatic carbocycles. The van der Waals surface area contributed by atoms with Crippen LogP contribution in [-0.4, -0.2) is 65.2 Å². The van der Waals surface area contributed by atoms with Crippen LogP contribution in [0.25, 0.3) is 12.2 Å². The minimum atomic E-state index is -4.73. The van der Waals surface area contributed by atoms with Crippen molar-refractivity contribution in [2.45, 2.75) is 9.79 Å². The topological polar surface area (TPSA) is 185 Å². The van der Waals surface area contributed by atoms with Crippen LogP contribution < -0.4 is 10.6 Å². The third-order valence-corrected chi connectivity index (χ3v) is 5.96. The minimum Gasteiger partial charge on any atom is -0.375 e. The molecule has 0 fully saturated rings. The predicted molar refractivity (Wildman–Crippen MR) is 122 cm³/mol. The molecule has 0 unspecified atom stereocenters. The summed E-state index contributed by atoms with van der Waals surface area (Å²) in [4.78, 5) is 22.2. The molecule has 0 saturated carbocycles. The van der Waals surface area contributed by atoms with E-state index in [1.165, 1.54) is 50.6 Å². The lowest BCUT2D eigenvalue weighted by molar-refractivity contribution is -0.120. The summed E-state index contributed by atoms with van der Waals surface area (Å²) in [6.45, 7) is -0.549. The fraction of sp³-hybridized carbons (Fsp3) is 0.200. The maximum absolute atomic E-state index is 11.9. The van der Waals surface area contributed by atoms with Gasteiger partial charge in [-0.2, -0.15) is 16.8 Å². The van der Waals surface area contributed by atoms with Crippen LogP contribution in [0.1, 0.15) is 11.1 Å². The van der Waals surface area contributed by atoms with Gasteiger partial charge in [0.05, 0.1) is 0 Å². The van der Waals surface area contributed by atoms with E-state index in [2.05, 4.69) is 20.1 Å². The molecule has 0 saturated heterocycles. The minimum absolute atomic E-state index is 0.0361. The van der Waals surface area contributed by atoms with Gasteiger partial charge in [-0.3, -0.25) is 18.7 Å². The molecule has 34 heavy (non-hydrogen) atoms. The Morgan fingerprint density at radius 2 is 1.12 bits per heavy atom. The normalized spacial score (nSPS) is 12.0. The summed E-state index contributed by atoms with van der Waals surface area (Å²) in [5, 5.41) is 4.79. The second-order valence-electron chi connectivity index (χ2n) is 6.75. The van der Waals surface area contributed by atoms with Gasteiger partial charge in [0.1, 0.15) is 23.0 Å². The van der Waals surface area contributed by atoms with E-state index in [-0.39, 0.29) is 35.7 Å². The Bertz CT molecular complexity index is 1220. The van der Waals surface area contributed by atoms with Gasteiger partial charge in [-0.25, -0.2) is 0 Å². The number of hydrogen-bond acceptors (Lipinski definition) is 8. The van der Waals surface area contributed by atoms with Gasteiger partial charge in [-0.05, 0) is 35.4 Å². The average molecular weight is 515 g/mol. The fourth-order valence-electron chi connectivity index (χ4n) is 2.78. The molecule has 0 aliphatic carbocycles. The summed E-state index contributed by atoms with van der Waals surface area (Å²) in [5.41, 5.74) is 0.0696. The number of carbonyl (C=O) groups is 2. The third kappa shape index (κ3) is 7.72. The van der Waals surface area contributed by atoms with E-state index in [9.17, 15) is 35.5 Å². The van der Waals surface area contributed by atoms with Crippen LogP contribution in [0.15, 0.2) is 46.2 Å². The number of rotatable bonds is 10. The summed E-state index contributed by atoms with van der Waals surface area (Å²) in [6, 6.07) is 7.30. The Labute approximate surface area is 196 Å². The number of nitrogens with one attached hydrogen (secondary N) is 2. The first kappa shape index (κ1) is 27.1. The molecule has 0 radical (unpaired) electrons. The van der Waals surface area contributed by atoms with Crippen molar-refractivity contribution in [1.82, 2.24) is 0 Å². The summed E-state index contributed by atoms with van der Waals surface area (Å²) in [7, 11) is -6.86. The molecule has 0 aliphatic heterocycles. The highest BCUT2D eigenvalue weighted by Crippen LogP contribution is 2.26. The van der Waals surface area contributed by atoms with Crippen molar-refractivity contribution in [2.75, 3.05) is 38.1 Å². The summed E-state index contributed by atoms with van der Waals surface area (Å²) in [5.74, 6) is -1.11. The number of methoxy groups -OCH3 is 2. The van der Waals surface area contributed by atoms with Crippen molar-refractivity contribution in [3.05, 3.63) is 47.5 Å². The number of benzene rings is 2. The van der Waals surface area contributed by atoms with Gasteiger partial charge >= 0.3 is 0 Å². The molecule has 2 rings (SSSR count). The van der Waals surface area contributed by atoms with Crippen molar-refractivity contribution in [3.63, 3.8) is 0 Å². The van der Waals surface area contributed by atoms with Crippen molar-refractivity contribution in [3.8, 4) is 0 Å². The van der Waals surface area contributed by atoms with Crippen molar-refractivity contribution >= 4 is 55.6 Å². The molecule has 4 N–H and O–H groups in total. The quantitative estimate of drug-likeness (QED) is 0.267. The first-order valence-corrected chi connectivity index (χ1v) is 12.2. The predicted octanol–water partition coefficient (Wildman–Crippen LogP) is 1.52. The van der Waals surface area contributed by atoms with Crippen LogP contribution >= 0.6 is 0 Å². The molecule has 0 heterocycles. The molecule has 12 nitrogen and oxygen atoms in total. The molecule has 0 bridgehead atoms. The van der Waals surface area contributed by atoms with E-state index in [4.69, 9.17) is 0 Å². The number of hydrogen-bond donors (Lipinski definition) is 4. The van der Waals surface area contributed by atoms with E-state index in [0.29, 0.717) is 0 Å². The van der Waals surface area contributed by atoms with E-state index in [1.54, 1.807) is 0 Å². The van der Waals surface area contributed by atoms with Crippen LogP contribution in [0.4, 0.5) is 11.4 Å². The van der Waals surface area contributed by atoms with E-state index < -0.39 is 41.8 Å². The lowest BCUT2D eigenvalue weighted by atomic mass is 10.1. The molecule has 0 spiro atoms. The SMILES string of the molecule is COCC(=O)Nc1ccc(C=Cc2ccc(NC(=O)COC)cc2S(=O)(=O)O)c(S(=O)(=O)O)c1. The molecule has 2 amide bonds. The van der Waals surface area contributed by atoms with Gasteiger partial charge in [-0.1, -0.05) is 24.3 Å². The highest BCUT2D eigenvalue weighted by Gasteiger charge is 2.18. The second-order valence-corrected chi connectivity index (χ2v) is 9.53. The van der Waals surface area contributed by atoms with Crippen LogP contribution in [-0.2, 0) is 39.3 Å². The van der Waals surface area contributed by atoms with Crippen LogP contribution in [0, 0.1) is 0 Å². The first-order chi connectivity index (χ1) is 15.8. The Hall–Kier alpha value is -3.14. The third-order valence-electron chi connectivity index (χ3n) is 4.14. The average Bonchev–Trinajstić information content (AvgIpc) is 2.72. The van der Waals surface area contributed by atoms with Crippen molar-refractivity contribution in [2.24, 2.45) is 0 Å². The Morgan fingerprint density at radius 1 is 0.765 bits per heavy atom. The molecule has 184 valence electrons. The fourth-order valence-corrected chi connectivity index (χ4v) is 4.20. The summed E-state index contributed by atoms with van der Waals surface area (Å²) < 4.78 is 75.9. The van der Waals surface area contributed by atoms with Gasteiger partial charge in [0, 0.05) is 25.6 Å². The molecule has 0 aromatic heterocycles. The Morgan fingerprint density at radius 3 is 1.41 bits per heavy atom. The zero-order valence-corrected chi connectivity index (χ0v) is 19.6. The van der Waals surface area contributed by atoms with E-state index >= 15 is 0 Å². The highest BCUT2D eigenvalue weighted by atomic mass is 32.2. The lowest BCUT2D eigenvalue weighted by Gasteiger charge is -2.10. The number of ether oxygens (including phenoxy) is 2. The number of anilines is 2. The molecule has 2 aromatic rings. The first-order valence-electron chi connectivity index (χ1n) is 9.34.